The van der Waals surface area contributed by atoms with Crippen molar-refractivity contribution in [1.82, 2.24) is 13.9 Å². The standard InChI is InChI=1S/C19H32N4O2S/c1-17-5-3-7-19(15-17)22-13-11-21(12-14-22)10-8-20-26(24,25)23-9-4-6-18(2)16-23/h3,5,7,15,18,20H,4,6,8-14,16H2,1-2H3/t18-/m0/s1. The number of nitrogens with zero attached hydrogens (tertiary/aromatic N) is 3. The predicted molar refractivity (Wildman–Crippen MR) is 107 cm³/mol. The Bertz CT molecular complexity index is 687. The highest BCUT2D eigenvalue weighted by Gasteiger charge is 2.26. The minimum atomic E-state index is -3.33. The zero-order valence-electron chi connectivity index (χ0n) is 16.0. The van der Waals surface area contributed by atoms with Crippen LogP contribution in [0.5, 0.6) is 0 Å². The van der Waals surface area contributed by atoms with E-state index in [2.05, 4.69) is 52.6 Å². The summed E-state index contributed by atoms with van der Waals surface area (Å²) in [4.78, 5) is 4.75. The van der Waals surface area contributed by atoms with E-state index in [0.29, 0.717) is 25.6 Å². The molecule has 0 bridgehead atoms. The normalized spacial score (nSPS) is 23.3. The summed E-state index contributed by atoms with van der Waals surface area (Å²) in [5, 5.41) is 0. The van der Waals surface area contributed by atoms with Gasteiger partial charge in [-0.15, -0.1) is 0 Å². The van der Waals surface area contributed by atoms with Crippen LogP contribution >= 0.6 is 0 Å². The molecule has 0 aliphatic carbocycles. The number of piperazine rings is 1. The molecule has 2 aliphatic rings. The van der Waals surface area contributed by atoms with Gasteiger partial charge in [-0.3, -0.25) is 4.90 Å². The minimum Gasteiger partial charge on any atom is -0.369 e. The Morgan fingerprint density at radius 3 is 2.62 bits per heavy atom. The highest BCUT2D eigenvalue weighted by molar-refractivity contribution is 7.87. The van der Waals surface area contributed by atoms with Crippen molar-refractivity contribution < 1.29 is 8.42 Å². The molecule has 2 aliphatic heterocycles. The first-order chi connectivity index (χ1) is 12.4. The lowest BCUT2D eigenvalue weighted by Gasteiger charge is -2.36. The van der Waals surface area contributed by atoms with E-state index in [9.17, 15) is 8.42 Å². The van der Waals surface area contributed by atoms with Gasteiger partial charge in [-0.05, 0) is 43.4 Å². The third kappa shape index (κ3) is 5.19. The Hall–Kier alpha value is -1.15. The van der Waals surface area contributed by atoms with Gasteiger partial charge < -0.3 is 4.90 Å². The van der Waals surface area contributed by atoms with Crippen LogP contribution in [-0.2, 0) is 10.2 Å². The first-order valence-electron chi connectivity index (χ1n) is 9.73. The fourth-order valence-corrected chi connectivity index (χ4v) is 5.19. The van der Waals surface area contributed by atoms with Crippen LogP contribution in [0.2, 0.25) is 0 Å². The van der Waals surface area contributed by atoms with E-state index in [1.807, 2.05) is 0 Å². The van der Waals surface area contributed by atoms with Crippen LogP contribution in [0.15, 0.2) is 24.3 Å². The highest BCUT2D eigenvalue weighted by atomic mass is 32.2. The molecule has 1 aromatic rings. The second-order valence-electron chi connectivity index (χ2n) is 7.67. The van der Waals surface area contributed by atoms with Crippen molar-refractivity contribution in [3.05, 3.63) is 29.8 Å². The summed E-state index contributed by atoms with van der Waals surface area (Å²) < 4.78 is 29.3. The number of nitrogens with one attached hydrogen (secondary N) is 1. The average molecular weight is 381 g/mol. The van der Waals surface area contributed by atoms with Gasteiger partial charge >= 0.3 is 0 Å². The summed E-state index contributed by atoms with van der Waals surface area (Å²) >= 11 is 0. The van der Waals surface area contributed by atoms with Gasteiger partial charge in [0.05, 0.1) is 0 Å². The van der Waals surface area contributed by atoms with Gasteiger partial charge in [0.2, 0.25) is 0 Å². The second kappa shape index (κ2) is 8.69. The number of anilines is 1. The van der Waals surface area contributed by atoms with Crippen LogP contribution in [0.3, 0.4) is 0 Å². The molecule has 0 radical (unpaired) electrons. The molecular formula is C19H32N4O2S. The molecule has 0 spiro atoms. The minimum absolute atomic E-state index is 0.454. The van der Waals surface area contributed by atoms with Gasteiger partial charge in [0, 0.05) is 58.0 Å². The number of rotatable bonds is 6. The van der Waals surface area contributed by atoms with E-state index < -0.39 is 10.2 Å². The van der Waals surface area contributed by atoms with Gasteiger partial charge in [-0.25, -0.2) is 4.72 Å². The molecule has 0 unspecified atom stereocenters. The van der Waals surface area contributed by atoms with Gasteiger partial charge in [-0.1, -0.05) is 19.1 Å². The smallest absolute Gasteiger partial charge is 0.279 e. The molecule has 26 heavy (non-hydrogen) atoms. The Morgan fingerprint density at radius 1 is 1.15 bits per heavy atom. The molecule has 2 fully saturated rings. The summed E-state index contributed by atoms with van der Waals surface area (Å²) in [6.45, 7) is 10.7. The zero-order valence-corrected chi connectivity index (χ0v) is 16.8. The molecule has 2 heterocycles. The predicted octanol–water partition coefficient (Wildman–Crippen LogP) is 1.68. The van der Waals surface area contributed by atoms with Crippen LogP contribution in [0.25, 0.3) is 0 Å². The quantitative estimate of drug-likeness (QED) is 0.816. The number of hydrogen-bond acceptors (Lipinski definition) is 4. The van der Waals surface area contributed by atoms with Gasteiger partial charge in [0.15, 0.2) is 0 Å². The lowest BCUT2D eigenvalue weighted by molar-refractivity contribution is 0.257. The summed E-state index contributed by atoms with van der Waals surface area (Å²) in [5.41, 5.74) is 2.57. The monoisotopic (exact) mass is 380 g/mol. The van der Waals surface area contributed by atoms with E-state index in [1.54, 1.807) is 4.31 Å². The van der Waals surface area contributed by atoms with E-state index in [0.717, 1.165) is 45.6 Å². The molecule has 2 saturated heterocycles. The summed E-state index contributed by atoms with van der Waals surface area (Å²) in [5.74, 6) is 0.454. The van der Waals surface area contributed by atoms with Crippen LogP contribution in [-0.4, -0.2) is 70.0 Å². The maximum atomic E-state index is 12.4. The maximum Gasteiger partial charge on any atom is 0.279 e. The maximum absolute atomic E-state index is 12.4. The van der Waals surface area contributed by atoms with Crippen molar-refractivity contribution in [3.8, 4) is 0 Å². The number of benzene rings is 1. The Kier molecular flexibility index (Phi) is 6.55. The second-order valence-corrected chi connectivity index (χ2v) is 9.43. The van der Waals surface area contributed by atoms with Gasteiger partial charge in [0.25, 0.3) is 10.2 Å². The molecule has 0 saturated carbocycles. The van der Waals surface area contributed by atoms with Crippen molar-refractivity contribution in [2.75, 3.05) is 57.3 Å². The van der Waals surface area contributed by atoms with Crippen LogP contribution in [0.4, 0.5) is 5.69 Å². The third-order valence-corrected chi connectivity index (χ3v) is 6.99. The molecule has 7 heteroatoms. The molecule has 1 atom stereocenters. The highest BCUT2D eigenvalue weighted by Crippen LogP contribution is 2.18. The van der Waals surface area contributed by atoms with Crippen molar-refractivity contribution >= 4 is 15.9 Å². The van der Waals surface area contributed by atoms with Crippen molar-refractivity contribution in [2.24, 2.45) is 5.92 Å². The van der Waals surface area contributed by atoms with Crippen molar-refractivity contribution in [1.29, 1.82) is 0 Å². The van der Waals surface area contributed by atoms with Crippen molar-refractivity contribution in [2.45, 2.75) is 26.7 Å². The van der Waals surface area contributed by atoms with E-state index >= 15 is 0 Å². The van der Waals surface area contributed by atoms with E-state index in [4.69, 9.17) is 0 Å². The molecule has 3 rings (SSSR count). The average Bonchev–Trinajstić information content (AvgIpc) is 2.62. The number of aryl methyl sites for hydroxylation is 1. The molecule has 0 aromatic heterocycles. The fourth-order valence-electron chi connectivity index (χ4n) is 3.84. The number of piperidine rings is 1. The Morgan fingerprint density at radius 2 is 1.92 bits per heavy atom. The first-order valence-corrected chi connectivity index (χ1v) is 11.2. The SMILES string of the molecule is Cc1cccc(N2CCN(CCNS(=O)(=O)N3CCC[C@H](C)C3)CC2)c1. The Labute approximate surface area is 158 Å². The topological polar surface area (TPSA) is 55.9 Å². The molecule has 0 amide bonds. The van der Waals surface area contributed by atoms with Crippen molar-refractivity contribution in [3.63, 3.8) is 0 Å². The molecule has 1 N–H and O–H groups in total. The number of hydrogen-bond donors (Lipinski definition) is 1. The summed E-state index contributed by atoms with van der Waals surface area (Å²) in [6.07, 6.45) is 2.08. The van der Waals surface area contributed by atoms with E-state index in [1.165, 1.54) is 11.3 Å². The van der Waals surface area contributed by atoms with Gasteiger partial charge in [0.1, 0.15) is 0 Å². The van der Waals surface area contributed by atoms with E-state index in [-0.39, 0.29) is 0 Å². The third-order valence-electron chi connectivity index (χ3n) is 5.41. The lowest BCUT2D eigenvalue weighted by atomic mass is 10.0. The molecule has 1 aromatic carbocycles. The molecule has 6 nitrogen and oxygen atoms in total. The molecular weight excluding hydrogens is 348 g/mol. The largest absolute Gasteiger partial charge is 0.369 e. The van der Waals surface area contributed by atoms with Crippen LogP contribution in [0.1, 0.15) is 25.3 Å². The summed E-state index contributed by atoms with van der Waals surface area (Å²) in [6, 6.07) is 8.61. The first kappa shape index (κ1) is 19.6. The zero-order chi connectivity index (χ0) is 18.6. The Balaban J connectivity index is 1.41. The van der Waals surface area contributed by atoms with Crippen LogP contribution < -0.4 is 9.62 Å². The van der Waals surface area contributed by atoms with Crippen LogP contribution in [0, 0.1) is 12.8 Å². The summed E-state index contributed by atoms with van der Waals surface area (Å²) in [7, 11) is -3.33. The van der Waals surface area contributed by atoms with Gasteiger partial charge in [-0.2, -0.15) is 12.7 Å². The fraction of sp³-hybridized carbons (Fsp3) is 0.684. The molecule has 146 valence electrons. The lowest BCUT2D eigenvalue weighted by Crippen LogP contribution is -2.50.